The summed E-state index contributed by atoms with van der Waals surface area (Å²) in [4.78, 5) is 34.9. The molecule has 0 aliphatic rings. The Morgan fingerprint density at radius 1 is 0.870 bits per heavy atom. The predicted molar refractivity (Wildman–Crippen MR) is 87.0 cm³/mol. The van der Waals surface area contributed by atoms with Crippen molar-refractivity contribution in [3.8, 4) is 0 Å². The lowest BCUT2D eigenvalue weighted by atomic mass is 10.1. The second kappa shape index (κ2) is 7.22. The normalized spacial score (nSPS) is 11.3. The molecule has 1 unspecified atom stereocenters. The van der Waals surface area contributed by atoms with Gasteiger partial charge >= 0.3 is 0 Å². The van der Waals surface area contributed by atoms with E-state index in [0.29, 0.717) is 16.8 Å². The molecule has 0 saturated carbocycles. The van der Waals surface area contributed by atoms with Crippen LogP contribution in [0.1, 0.15) is 27.6 Å². The van der Waals surface area contributed by atoms with Crippen molar-refractivity contribution in [1.82, 2.24) is 5.32 Å². The molecule has 6 nitrogen and oxygen atoms in total. The SMILES string of the molecule is CC(NC(=O)c1ccc(NC(=O)c2ccccc2)cc1)C(N)=O. The fraction of sp³-hybridized carbons (Fsp3) is 0.118. The third-order valence-electron chi connectivity index (χ3n) is 3.22. The maximum Gasteiger partial charge on any atom is 0.255 e. The first-order valence-corrected chi connectivity index (χ1v) is 7.04. The molecule has 0 spiro atoms. The zero-order valence-electron chi connectivity index (χ0n) is 12.6. The fourth-order valence-electron chi connectivity index (χ4n) is 1.85. The summed E-state index contributed by atoms with van der Waals surface area (Å²) in [7, 11) is 0. The molecule has 2 aromatic carbocycles. The van der Waals surface area contributed by atoms with Crippen LogP contribution in [0.25, 0.3) is 0 Å². The Bertz CT molecular complexity index is 712. The largest absolute Gasteiger partial charge is 0.368 e. The van der Waals surface area contributed by atoms with Gasteiger partial charge in [0.25, 0.3) is 11.8 Å². The molecule has 1 atom stereocenters. The van der Waals surface area contributed by atoms with Crippen molar-refractivity contribution < 1.29 is 14.4 Å². The number of hydrogen-bond donors (Lipinski definition) is 3. The average Bonchev–Trinajstić information content (AvgIpc) is 2.56. The molecule has 0 aromatic heterocycles. The van der Waals surface area contributed by atoms with Crippen LogP contribution in [0.5, 0.6) is 0 Å². The summed E-state index contributed by atoms with van der Waals surface area (Å²) < 4.78 is 0. The summed E-state index contributed by atoms with van der Waals surface area (Å²) in [6, 6.07) is 14.4. The summed E-state index contributed by atoms with van der Waals surface area (Å²) in [5, 5.41) is 5.22. The van der Waals surface area contributed by atoms with E-state index in [1.165, 1.54) is 6.92 Å². The summed E-state index contributed by atoms with van der Waals surface area (Å²) in [5.41, 5.74) is 6.58. The quantitative estimate of drug-likeness (QED) is 0.780. The maximum atomic E-state index is 12.0. The number of carbonyl (C=O) groups excluding carboxylic acids is 3. The van der Waals surface area contributed by atoms with E-state index in [2.05, 4.69) is 10.6 Å². The van der Waals surface area contributed by atoms with Gasteiger partial charge in [0.2, 0.25) is 5.91 Å². The number of carbonyl (C=O) groups is 3. The average molecular weight is 311 g/mol. The van der Waals surface area contributed by atoms with Gasteiger partial charge in [0, 0.05) is 16.8 Å². The molecule has 2 rings (SSSR count). The highest BCUT2D eigenvalue weighted by molar-refractivity contribution is 6.04. The first-order chi connectivity index (χ1) is 11.0. The van der Waals surface area contributed by atoms with Gasteiger partial charge in [0.05, 0.1) is 0 Å². The molecule has 4 N–H and O–H groups in total. The minimum atomic E-state index is -0.750. The van der Waals surface area contributed by atoms with Gasteiger partial charge in [-0.05, 0) is 43.3 Å². The minimum Gasteiger partial charge on any atom is -0.368 e. The van der Waals surface area contributed by atoms with Crippen molar-refractivity contribution in [3.05, 3.63) is 65.7 Å². The smallest absolute Gasteiger partial charge is 0.255 e. The minimum absolute atomic E-state index is 0.231. The number of rotatable bonds is 5. The third-order valence-corrected chi connectivity index (χ3v) is 3.22. The van der Waals surface area contributed by atoms with Gasteiger partial charge in [0.1, 0.15) is 6.04 Å². The van der Waals surface area contributed by atoms with E-state index in [0.717, 1.165) is 0 Å². The summed E-state index contributed by atoms with van der Waals surface area (Å²) in [6.07, 6.45) is 0. The monoisotopic (exact) mass is 311 g/mol. The molecule has 0 heterocycles. The molecule has 0 bridgehead atoms. The van der Waals surface area contributed by atoms with E-state index in [-0.39, 0.29) is 5.91 Å². The Morgan fingerprint density at radius 2 is 1.43 bits per heavy atom. The van der Waals surface area contributed by atoms with Crippen molar-refractivity contribution in [2.24, 2.45) is 5.73 Å². The van der Waals surface area contributed by atoms with Gasteiger partial charge in [-0.25, -0.2) is 0 Å². The Balaban J connectivity index is 2.01. The van der Waals surface area contributed by atoms with Gasteiger partial charge in [-0.1, -0.05) is 18.2 Å². The van der Waals surface area contributed by atoms with Crippen LogP contribution in [0.3, 0.4) is 0 Å². The lowest BCUT2D eigenvalue weighted by Crippen LogP contribution is -2.42. The van der Waals surface area contributed by atoms with Crippen molar-refractivity contribution in [3.63, 3.8) is 0 Å². The highest BCUT2D eigenvalue weighted by Gasteiger charge is 2.13. The molecule has 0 radical (unpaired) electrons. The van der Waals surface area contributed by atoms with E-state index in [1.807, 2.05) is 6.07 Å². The molecule has 3 amide bonds. The van der Waals surface area contributed by atoms with Crippen LogP contribution in [0.4, 0.5) is 5.69 Å². The standard InChI is InChI=1S/C17H17N3O3/c1-11(15(18)21)19-16(22)13-7-9-14(10-8-13)20-17(23)12-5-3-2-4-6-12/h2-11H,1H3,(H2,18,21)(H,19,22)(H,20,23). The maximum absolute atomic E-state index is 12.0. The molecule has 0 aliphatic carbocycles. The van der Waals surface area contributed by atoms with Gasteiger partial charge in [-0.15, -0.1) is 0 Å². The van der Waals surface area contributed by atoms with E-state index in [1.54, 1.807) is 48.5 Å². The lowest BCUT2D eigenvalue weighted by Gasteiger charge is -2.10. The number of benzene rings is 2. The van der Waals surface area contributed by atoms with Crippen molar-refractivity contribution in [2.75, 3.05) is 5.32 Å². The van der Waals surface area contributed by atoms with E-state index in [9.17, 15) is 14.4 Å². The second-order valence-electron chi connectivity index (χ2n) is 5.00. The number of hydrogen-bond acceptors (Lipinski definition) is 3. The molecular formula is C17H17N3O3. The number of nitrogens with one attached hydrogen (secondary N) is 2. The second-order valence-corrected chi connectivity index (χ2v) is 5.00. The number of amides is 3. The van der Waals surface area contributed by atoms with Crippen molar-refractivity contribution in [2.45, 2.75) is 13.0 Å². The third kappa shape index (κ3) is 4.41. The van der Waals surface area contributed by atoms with Crippen LogP contribution in [-0.2, 0) is 4.79 Å². The van der Waals surface area contributed by atoms with Crippen LogP contribution in [0, 0.1) is 0 Å². The molecule has 0 fully saturated rings. The topological polar surface area (TPSA) is 101 Å². The zero-order chi connectivity index (χ0) is 16.8. The van der Waals surface area contributed by atoms with Gasteiger partial charge in [0.15, 0.2) is 0 Å². The summed E-state index contributed by atoms with van der Waals surface area (Å²) >= 11 is 0. The predicted octanol–water partition coefficient (Wildman–Crippen LogP) is 1.54. The molecule has 2 aromatic rings. The van der Waals surface area contributed by atoms with Crippen LogP contribution >= 0.6 is 0 Å². The zero-order valence-corrected chi connectivity index (χ0v) is 12.6. The Hall–Kier alpha value is -3.15. The molecule has 0 saturated heterocycles. The highest BCUT2D eigenvalue weighted by atomic mass is 16.2. The van der Waals surface area contributed by atoms with E-state index in [4.69, 9.17) is 5.73 Å². The Kier molecular flexibility index (Phi) is 5.09. The Morgan fingerprint density at radius 3 is 2.00 bits per heavy atom. The lowest BCUT2D eigenvalue weighted by molar-refractivity contribution is -0.119. The fourth-order valence-corrected chi connectivity index (χ4v) is 1.85. The number of primary amides is 1. The van der Waals surface area contributed by atoms with Crippen LogP contribution < -0.4 is 16.4 Å². The molecule has 6 heteroatoms. The van der Waals surface area contributed by atoms with E-state index < -0.39 is 17.9 Å². The van der Waals surface area contributed by atoms with Crippen LogP contribution in [0.2, 0.25) is 0 Å². The van der Waals surface area contributed by atoms with E-state index >= 15 is 0 Å². The first kappa shape index (κ1) is 16.2. The number of nitrogens with two attached hydrogens (primary N) is 1. The summed E-state index contributed by atoms with van der Waals surface area (Å²) in [6.45, 7) is 1.51. The van der Waals surface area contributed by atoms with Crippen LogP contribution in [0.15, 0.2) is 54.6 Å². The molecule has 118 valence electrons. The first-order valence-electron chi connectivity index (χ1n) is 7.04. The van der Waals surface area contributed by atoms with Gasteiger partial charge in [-0.2, -0.15) is 0 Å². The van der Waals surface area contributed by atoms with Gasteiger partial charge in [-0.3, -0.25) is 14.4 Å². The highest BCUT2D eigenvalue weighted by Crippen LogP contribution is 2.11. The van der Waals surface area contributed by atoms with Crippen molar-refractivity contribution in [1.29, 1.82) is 0 Å². The summed E-state index contributed by atoms with van der Waals surface area (Å²) in [5.74, 6) is -1.24. The molecular weight excluding hydrogens is 294 g/mol. The molecule has 0 aliphatic heterocycles. The van der Waals surface area contributed by atoms with Gasteiger partial charge < -0.3 is 16.4 Å². The number of anilines is 1. The molecule has 23 heavy (non-hydrogen) atoms. The van der Waals surface area contributed by atoms with Crippen LogP contribution in [-0.4, -0.2) is 23.8 Å². The Labute approximate surface area is 133 Å². The van der Waals surface area contributed by atoms with Crippen molar-refractivity contribution >= 4 is 23.4 Å².